The molecule has 0 spiro atoms. The summed E-state index contributed by atoms with van der Waals surface area (Å²) in [4.78, 5) is -0.484. The number of benzene rings is 3. The monoisotopic (exact) mass is 498 g/mol. The van der Waals surface area contributed by atoms with Crippen LogP contribution in [0.2, 0.25) is 5.02 Å². The van der Waals surface area contributed by atoms with Gasteiger partial charge in [-0.2, -0.15) is 0 Å². The van der Waals surface area contributed by atoms with E-state index < -0.39 is 16.5 Å². The van der Waals surface area contributed by atoms with Crippen LogP contribution in [-0.4, -0.2) is 4.87 Å². The van der Waals surface area contributed by atoms with Gasteiger partial charge in [0.2, 0.25) is 0 Å². The highest BCUT2D eigenvalue weighted by Crippen LogP contribution is 2.64. The number of rotatable bonds is 7. The van der Waals surface area contributed by atoms with Crippen LogP contribution in [0.1, 0.15) is 35.1 Å². The van der Waals surface area contributed by atoms with Crippen LogP contribution in [0.15, 0.2) is 73.5 Å². The van der Waals surface area contributed by atoms with E-state index in [9.17, 15) is 8.78 Å². The Hall–Kier alpha value is -2.82. The van der Waals surface area contributed by atoms with Gasteiger partial charge in [0.05, 0.1) is 4.87 Å². The Kier molecular flexibility index (Phi) is 6.50. The van der Waals surface area contributed by atoms with Gasteiger partial charge in [0, 0.05) is 39.5 Å². The van der Waals surface area contributed by atoms with Crippen molar-refractivity contribution in [2.45, 2.75) is 31.6 Å². The molecule has 1 fully saturated rings. The van der Waals surface area contributed by atoms with E-state index in [1.54, 1.807) is 0 Å². The molecule has 0 heterocycles. The molecular weight excluding hydrogens is 473 g/mol. The average molecular weight is 499 g/mol. The first-order valence-electron chi connectivity index (χ1n) is 10.9. The zero-order chi connectivity index (χ0) is 24.8. The molecule has 1 saturated carbocycles. The molecule has 3 aromatic carbocycles. The number of aryl methyl sites for hydroxylation is 2. The van der Waals surface area contributed by atoms with E-state index >= 15 is 0 Å². The fourth-order valence-electron chi connectivity index (χ4n) is 4.61. The van der Waals surface area contributed by atoms with E-state index in [0.29, 0.717) is 10.7 Å². The summed E-state index contributed by atoms with van der Waals surface area (Å²) in [6, 6.07) is 15.4. The predicted molar refractivity (Wildman–Crippen MR) is 140 cm³/mol. The van der Waals surface area contributed by atoms with E-state index in [4.69, 9.17) is 23.2 Å². The van der Waals surface area contributed by atoms with Crippen molar-refractivity contribution in [2.75, 3.05) is 10.6 Å². The minimum atomic E-state index is -0.682. The van der Waals surface area contributed by atoms with E-state index in [-0.39, 0.29) is 17.5 Å². The second-order valence-electron chi connectivity index (χ2n) is 9.05. The standard InChI is InChI=1S/C28H26Cl2F2N2/c1-15-11-19(13-20(29)12-15)26-25(28(26,5)30)18(4)33-21-10-9-16(2)22(14-21)17(3)34-27-23(31)7-6-8-24(27)32/h6-14,25-26,33-34H,3-4H2,1-2,5H3. The van der Waals surface area contributed by atoms with Crippen LogP contribution in [0, 0.1) is 31.4 Å². The topological polar surface area (TPSA) is 24.1 Å². The zero-order valence-electron chi connectivity index (χ0n) is 19.3. The van der Waals surface area contributed by atoms with Crippen LogP contribution in [0.4, 0.5) is 20.2 Å². The molecule has 0 aromatic heterocycles. The van der Waals surface area contributed by atoms with Crippen LogP contribution < -0.4 is 10.6 Å². The number of hydrogen-bond acceptors (Lipinski definition) is 2. The van der Waals surface area contributed by atoms with Crippen LogP contribution >= 0.6 is 23.2 Å². The maximum absolute atomic E-state index is 14.1. The fraction of sp³-hybridized carbons (Fsp3) is 0.214. The molecule has 34 heavy (non-hydrogen) atoms. The van der Waals surface area contributed by atoms with Gasteiger partial charge in [-0.05, 0) is 73.9 Å². The normalized spacial score (nSPS) is 21.1. The Bertz CT molecular complexity index is 1260. The quantitative estimate of drug-likeness (QED) is 0.318. The first-order chi connectivity index (χ1) is 16.0. The van der Waals surface area contributed by atoms with Gasteiger partial charge in [0.25, 0.3) is 0 Å². The van der Waals surface area contributed by atoms with Gasteiger partial charge < -0.3 is 10.6 Å². The van der Waals surface area contributed by atoms with Crippen molar-refractivity contribution in [1.82, 2.24) is 0 Å². The van der Waals surface area contributed by atoms with Crippen molar-refractivity contribution < 1.29 is 8.78 Å². The summed E-state index contributed by atoms with van der Waals surface area (Å²) in [6.07, 6.45) is 0. The second kappa shape index (κ2) is 9.09. The molecule has 3 aromatic rings. The minimum absolute atomic E-state index is 0.00521. The number of allylic oxidation sites excluding steroid dienone is 1. The van der Waals surface area contributed by atoms with E-state index in [0.717, 1.165) is 33.6 Å². The molecule has 0 radical (unpaired) electrons. The van der Waals surface area contributed by atoms with Crippen molar-refractivity contribution in [3.05, 3.63) is 112 Å². The zero-order valence-corrected chi connectivity index (χ0v) is 20.8. The first-order valence-corrected chi connectivity index (χ1v) is 11.7. The summed E-state index contributed by atoms with van der Waals surface area (Å²) in [5.41, 5.74) is 5.53. The Morgan fingerprint density at radius 2 is 1.65 bits per heavy atom. The van der Waals surface area contributed by atoms with Crippen molar-refractivity contribution in [3.63, 3.8) is 0 Å². The molecular formula is C28H26Cl2F2N2. The molecule has 3 atom stereocenters. The lowest BCUT2D eigenvalue weighted by Gasteiger charge is -2.16. The maximum Gasteiger partial charge on any atom is 0.149 e. The molecule has 2 nitrogen and oxygen atoms in total. The molecule has 0 aliphatic heterocycles. The Morgan fingerprint density at radius 3 is 2.29 bits per heavy atom. The van der Waals surface area contributed by atoms with Crippen LogP contribution in [-0.2, 0) is 0 Å². The lowest BCUT2D eigenvalue weighted by Crippen LogP contribution is -2.07. The van der Waals surface area contributed by atoms with E-state index in [1.165, 1.54) is 18.2 Å². The van der Waals surface area contributed by atoms with Gasteiger partial charge in [-0.25, -0.2) is 8.78 Å². The Balaban J connectivity index is 1.53. The van der Waals surface area contributed by atoms with Crippen LogP contribution in [0.25, 0.3) is 5.70 Å². The summed E-state index contributed by atoms with van der Waals surface area (Å²) in [5, 5.41) is 6.83. The number of nitrogens with one attached hydrogen (secondary N) is 2. The van der Waals surface area contributed by atoms with E-state index in [1.807, 2.05) is 51.1 Å². The molecule has 4 rings (SSSR count). The summed E-state index contributed by atoms with van der Waals surface area (Å²) in [7, 11) is 0. The molecule has 0 saturated heterocycles. The molecule has 3 unspecified atom stereocenters. The van der Waals surface area contributed by atoms with Crippen molar-refractivity contribution >= 4 is 40.3 Å². The number of hydrogen-bond donors (Lipinski definition) is 2. The molecule has 1 aliphatic rings. The highest BCUT2D eigenvalue weighted by molar-refractivity contribution is 6.31. The lowest BCUT2D eigenvalue weighted by atomic mass is 10.0. The first kappa shape index (κ1) is 24.3. The molecule has 6 heteroatoms. The van der Waals surface area contributed by atoms with Gasteiger partial charge >= 0.3 is 0 Å². The smallest absolute Gasteiger partial charge is 0.149 e. The summed E-state index contributed by atoms with van der Waals surface area (Å²) >= 11 is 13.1. The average Bonchev–Trinajstić information content (AvgIpc) is 3.33. The fourth-order valence-corrected chi connectivity index (χ4v) is 5.35. The number of halogens is 4. The largest absolute Gasteiger partial charge is 0.359 e. The minimum Gasteiger partial charge on any atom is -0.359 e. The van der Waals surface area contributed by atoms with Gasteiger partial charge in [-0.15, -0.1) is 11.6 Å². The number of para-hydroxylation sites is 1. The maximum atomic E-state index is 14.1. The van der Waals surface area contributed by atoms with Gasteiger partial charge in [0.15, 0.2) is 0 Å². The van der Waals surface area contributed by atoms with Crippen LogP contribution in [0.3, 0.4) is 0 Å². The molecule has 0 bridgehead atoms. The second-order valence-corrected chi connectivity index (χ2v) is 10.3. The number of alkyl halides is 1. The Morgan fingerprint density at radius 1 is 0.971 bits per heavy atom. The molecule has 0 amide bonds. The SMILES string of the molecule is C=C(Nc1c(F)cccc1F)c1cc(NC(=C)C2C(c3cc(C)cc(Cl)c3)C2(C)Cl)ccc1C. The van der Waals surface area contributed by atoms with Crippen molar-refractivity contribution in [1.29, 1.82) is 0 Å². The highest BCUT2D eigenvalue weighted by atomic mass is 35.5. The van der Waals surface area contributed by atoms with E-state index in [2.05, 4.69) is 29.9 Å². The van der Waals surface area contributed by atoms with Crippen LogP contribution in [0.5, 0.6) is 0 Å². The number of anilines is 2. The molecule has 2 N–H and O–H groups in total. The third-order valence-corrected chi connectivity index (χ3v) is 7.03. The van der Waals surface area contributed by atoms with Crippen molar-refractivity contribution in [3.8, 4) is 0 Å². The summed E-state index contributed by atoms with van der Waals surface area (Å²) < 4.78 is 28.2. The lowest BCUT2D eigenvalue weighted by molar-refractivity contribution is 0.591. The summed E-state index contributed by atoms with van der Waals surface area (Å²) in [6.45, 7) is 14.2. The predicted octanol–water partition coefficient (Wildman–Crippen LogP) is 8.65. The third-order valence-electron chi connectivity index (χ3n) is 6.35. The highest BCUT2D eigenvalue weighted by Gasteiger charge is 2.62. The third kappa shape index (κ3) is 4.70. The van der Waals surface area contributed by atoms with Crippen molar-refractivity contribution in [2.24, 2.45) is 5.92 Å². The van der Waals surface area contributed by atoms with Gasteiger partial charge in [0.1, 0.15) is 17.3 Å². The summed E-state index contributed by atoms with van der Waals surface area (Å²) in [5.74, 6) is -1.28. The molecule has 176 valence electrons. The Labute approximate surface area is 209 Å². The van der Waals surface area contributed by atoms with Gasteiger partial charge in [-0.1, -0.05) is 43.0 Å². The molecule has 1 aliphatic carbocycles. The van der Waals surface area contributed by atoms with Gasteiger partial charge in [-0.3, -0.25) is 0 Å².